The van der Waals surface area contributed by atoms with Gasteiger partial charge in [0.2, 0.25) is 15.9 Å². The molecule has 1 unspecified atom stereocenters. The minimum absolute atomic E-state index is 0.0741. The van der Waals surface area contributed by atoms with Gasteiger partial charge in [-0.3, -0.25) is 4.79 Å². The van der Waals surface area contributed by atoms with Crippen LogP contribution in [0.3, 0.4) is 0 Å². The van der Waals surface area contributed by atoms with Crippen LogP contribution in [0.2, 0.25) is 0 Å². The number of nitrogens with zero attached hydrogens (tertiary/aromatic N) is 2. The molecule has 0 aliphatic carbocycles. The Morgan fingerprint density at radius 1 is 1.00 bits per heavy atom. The standard InChI is InChI=1S/C20H23FN2O3S/c1-16(15-17-7-5-6-10-19(17)21)20(24)22-11-13-23(14-12-22)27(25,26)18-8-3-2-4-9-18/h2-10,16H,11-15H2,1H3. The number of sulfonamides is 1. The summed E-state index contributed by atoms with van der Waals surface area (Å²) in [6, 6.07) is 14.7. The van der Waals surface area contributed by atoms with E-state index < -0.39 is 10.0 Å². The molecule has 5 nitrogen and oxygen atoms in total. The van der Waals surface area contributed by atoms with Gasteiger partial charge in [-0.1, -0.05) is 43.3 Å². The van der Waals surface area contributed by atoms with Crippen LogP contribution in [-0.2, 0) is 21.2 Å². The molecule has 144 valence electrons. The molecule has 0 saturated carbocycles. The van der Waals surface area contributed by atoms with Crippen molar-refractivity contribution in [3.63, 3.8) is 0 Å². The molecule has 1 aliphatic rings. The largest absolute Gasteiger partial charge is 0.340 e. The van der Waals surface area contributed by atoms with Crippen LogP contribution >= 0.6 is 0 Å². The molecule has 3 rings (SSSR count). The third kappa shape index (κ3) is 4.36. The lowest BCUT2D eigenvalue weighted by molar-refractivity contribution is -0.136. The van der Waals surface area contributed by atoms with Crippen molar-refractivity contribution in [2.75, 3.05) is 26.2 Å². The summed E-state index contributed by atoms with van der Waals surface area (Å²) in [4.78, 5) is 14.6. The third-order valence-electron chi connectivity index (χ3n) is 4.84. The van der Waals surface area contributed by atoms with Crippen molar-refractivity contribution >= 4 is 15.9 Å². The normalized spacial score (nSPS) is 16.9. The van der Waals surface area contributed by atoms with Crippen LogP contribution in [0.15, 0.2) is 59.5 Å². The van der Waals surface area contributed by atoms with Gasteiger partial charge in [0.05, 0.1) is 4.90 Å². The fourth-order valence-electron chi connectivity index (χ4n) is 3.28. The van der Waals surface area contributed by atoms with Gasteiger partial charge in [0, 0.05) is 32.1 Å². The summed E-state index contributed by atoms with van der Waals surface area (Å²) in [5.41, 5.74) is 0.517. The lowest BCUT2D eigenvalue weighted by Gasteiger charge is -2.35. The van der Waals surface area contributed by atoms with E-state index in [0.717, 1.165) is 0 Å². The quantitative estimate of drug-likeness (QED) is 0.788. The molecular formula is C20H23FN2O3S. The van der Waals surface area contributed by atoms with Gasteiger partial charge < -0.3 is 4.90 Å². The molecule has 0 aromatic heterocycles. The fourth-order valence-corrected chi connectivity index (χ4v) is 4.73. The molecule has 0 radical (unpaired) electrons. The van der Waals surface area contributed by atoms with E-state index in [-0.39, 0.29) is 35.6 Å². The Bertz CT molecular complexity index is 894. The van der Waals surface area contributed by atoms with Crippen LogP contribution in [0, 0.1) is 11.7 Å². The second kappa shape index (κ2) is 8.19. The first-order chi connectivity index (χ1) is 12.9. The number of benzene rings is 2. The summed E-state index contributed by atoms with van der Waals surface area (Å²) >= 11 is 0. The number of carbonyl (C=O) groups is 1. The Balaban J connectivity index is 1.60. The van der Waals surface area contributed by atoms with Crippen molar-refractivity contribution < 1.29 is 17.6 Å². The first-order valence-corrected chi connectivity index (χ1v) is 10.4. The van der Waals surface area contributed by atoms with E-state index in [4.69, 9.17) is 0 Å². The van der Waals surface area contributed by atoms with Gasteiger partial charge in [-0.05, 0) is 30.2 Å². The molecule has 7 heteroatoms. The molecule has 1 heterocycles. The molecule has 27 heavy (non-hydrogen) atoms. The van der Waals surface area contributed by atoms with E-state index in [1.54, 1.807) is 60.4 Å². The maximum absolute atomic E-state index is 13.8. The van der Waals surface area contributed by atoms with Gasteiger partial charge in [0.15, 0.2) is 0 Å². The van der Waals surface area contributed by atoms with Crippen LogP contribution in [0.25, 0.3) is 0 Å². The molecule has 0 N–H and O–H groups in total. The first kappa shape index (κ1) is 19.5. The third-order valence-corrected chi connectivity index (χ3v) is 6.75. The highest BCUT2D eigenvalue weighted by Crippen LogP contribution is 2.19. The Morgan fingerprint density at radius 3 is 2.22 bits per heavy atom. The average molecular weight is 390 g/mol. The van der Waals surface area contributed by atoms with Gasteiger partial charge in [-0.25, -0.2) is 12.8 Å². The lowest BCUT2D eigenvalue weighted by Crippen LogP contribution is -2.51. The summed E-state index contributed by atoms with van der Waals surface area (Å²) in [6.45, 7) is 2.98. The zero-order valence-corrected chi connectivity index (χ0v) is 16.0. The fraction of sp³-hybridized carbons (Fsp3) is 0.350. The smallest absolute Gasteiger partial charge is 0.243 e. The van der Waals surface area contributed by atoms with Gasteiger partial charge in [-0.2, -0.15) is 4.31 Å². The van der Waals surface area contributed by atoms with Crippen molar-refractivity contribution in [1.82, 2.24) is 9.21 Å². The maximum Gasteiger partial charge on any atom is 0.243 e. The van der Waals surface area contributed by atoms with Crippen LogP contribution in [0.1, 0.15) is 12.5 Å². The van der Waals surface area contributed by atoms with E-state index >= 15 is 0 Å². The number of carbonyl (C=O) groups excluding carboxylic acids is 1. The monoisotopic (exact) mass is 390 g/mol. The molecule has 1 saturated heterocycles. The number of amides is 1. The zero-order chi connectivity index (χ0) is 19.4. The van der Waals surface area contributed by atoms with E-state index in [9.17, 15) is 17.6 Å². The number of hydrogen-bond donors (Lipinski definition) is 0. The van der Waals surface area contributed by atoms with Crippen LogP contribution in [0.4, 0.5) is 4.39 Å². The molecule has 2 aromatic rings. The highest BCUT2D eigenvalue weighted by atomic mass is 32.2. The number of piperazine rings is 1. The minimum atomic E-state index is -3.54. The van der Waals surface area contributed by atoms with Crippen LogP contribution in [-0.4, -0.2) is 49.7 Å². The number of hydrogen-bond acceptors (Lipinski definition) is 3. The van der Waals surface area contributed by atoms with Crippen molar-refractivity contribution in [2.45, 2.75) is 18.2 Å². The van der Waals surface area contributed by atoms with E-state index in [2.05, 4.69) is 0 Å². The molecule has 1 aliphatic heterocycles. The zero-order valence-electron chi connectivity index (χ0n) is 15.2. The molecular weight excluding hydrogens is 367 g/mol. The van der Waals surface area contributed by atoms with E-state index in [1.165, 1.54) is 10.4 Å². The Labute approximate surface area is 159 Å². The molecule has 1 atom stereocenters. The summed E-state index contributed by atoms with van der Waals surface area (Å²) < 4.78 is 40.5. The molecule has 1 fully saturated rings. The Morgan fingerprint density at radius 2 is 1.59 bits per heavy atom. The number of rotatable bonds is 5. The summed E-state index contributed by atoms with van der Waals surface area (Å²) in [5.74, 6) is -0.745. The number of halogens is 1. The predicted octanol–water partition coefficient (Wildman–Crippen LogP) is 2.54. The van der Waals surface area contributed by atoms with Gasteiger partial charge in [0.1, 0.15) is 5.82 Å². The molecule has 2 aromatic carbocycles. The van der Waals surface area contributed by atoms with Crippen molar-refractivity contribution in [2.24, 2.45) is 5.92 Å². The Hall–Kier alpha value is -2.25. The summed E-state index contributed by atoms with van der Waals surface area (Å²) in [7, 11) is -3.54. The Kier molecular flexibility index (Phi) is 5.92. The summed E-state index contributed by atoms with van der Waals surface area (Å²) in [6.07, 6.45) is 0.327. The first-order valence-electron chi connectivity index (χ1n) is 8.97. The lowest BCUT2D eigenvalue weighted by atomic mass is 9.99. The average Bonchev–Trinajstić information content (AvgIpc) is 2.70. The predicted molar refractivity (Wildman–Crippen MR) is 101 cm³/mol. The topological polar surface area (TPSA) is 57.7 Å². The van der Waals surface area contributed by atoms with Gasteiger partial charge >= 0.3 is 0 Å². The molecule has 0 bridgehead atoms. The van der Waals surface area contributed by atoms with Crippen LogP contribution in [0.5, 0.6) is 0 Å². The summed E-state index contributed by atoms with van der Waals surface area (Å²) in [5, 5.41) is 0. The highest BCUT2D eigenvalue weighted by molar-refractivity contribution is 7.89. The van der Waals surface area contributed by atoms with Gasteiger partial charge in [-0.15, -0.1) is 0 Å². The second-order valence-corrected chi connectivity index (χ2v) is 8.68. The van der Waals surface area contributed by atoms with E-state index in [0.29, 0.717) is 25.1 Å². The van der Waals surface area contributed by atoms with Crippen LogP contribution < -0.4 is 0 Å². The second-order valence-electron chi connectivity index (χ2n) is 6.74. The van der Waals surface area contributed by atoms with Crippen molar-refractivity contribution in [3.8, 4) is 0 Å². The van der Waals surface area contributed by atoms with Crippen molar-refractivity contribution in [1.29, 1.82) is 0 Å². The molecule has 1 amide bonds. The minimum Gasteiger partial charge on any atom is -0.340 e. The highest BCUT2D eigenvalue weighted by Gasteiger charge is 2.31. The molecule has 0 spiro atoms. The van der Waals surface area contributed by atoms with Gasteiger partial charge in [0.25, 0.3) is 0 Å². The maximum atomic E-state index is 13.8. The van der Waals surface area contributed by atoms with E-state index in [1.807, 2.05) is 0 Å². The SMILES string of the molecule is CC(Cc1ccccc1F)C(=O)N1CCN(S(=O)(=O)c2ccccc2)CC1. The van der Waals surface area contributed by atoms with Crippen molar-refractivity contribution in [3.05, 3.63) is 66.0 Å².